The van der Waals surface area contributed by atoms with Crippen molar-refractivity contribution in [2.45, 2.75) is 32.9 Å². The average molecular weight is 350 g/mol. The number of amides is 1. The molecule has 0 saturated carbocycles. The number of nitrogens with zero attached hydrogens (tertiary/aromatic N) is 1. The third-order valence-corrected chi connectivity index (χ3v) is 5.06. The van der Waals surface area contributed by atoms with Crippen LogP contribution in [0.4, 0.5) is 0 Å². The van der Waals surface area contributed by atoms with Gasteiger partial charge in [-0.15, -0.1) is 0 Å². The molecule has 4 nitrogen and oxygen atoms in total. The largest absolute Gasteiger partial charge is 0.459 e. The van der Waals surface area contributed by atoms with E-state index in [-0.39, 0.29) is 23.9 Å². The van der Waals surface area contributed by atoms with Gasteiger partial charge in [-0.2, -0.15) is 0 Å². The normalized spacial score (nSPS) is 14.8. The third kappa shape index (κ3) is 3.51. The van der Waals surface area contributed by atoms with Crippen LogP contribution in [0.2, 0.25) is 0 Å². The van der Waals surface area contributed by atoms with E-state index in [1.54, 1.807) is 0 Å². The predicted octanol–water partition coefficient (Wildman–Crippen LogP) is 4.68. The lowest BCUT2D eigenvalue weighted by Crippen LogP contribution is -2.40. The van der Waals surface area contributed by atoms with Gasteiger partial charge in [0.25, 0.3) is 0 Å². The van der Waals surface area contributed by atoms with E-state index in [2.05, 4.69) is 0 Å². The fourth-order valence-corrected chi connectivity index (χ4v) is 3.36. The van der Waals surface area contributed by atoms with Crippen LogP contribution in [-0.4, -0.2) is 17.4 Å². The maximum absolute atomic E-state index is 13.1. The lowest BCUT2D eigenvalue weighted by molar-refractivity contribution is -0.138. The van der Waals surface area contributed by atoms with Gasteiger partial charge in [0.2, 0.25) is 5.91 Å². The second-order valence-electron chi connectivity index (χ2n) is 6.71. The Balaban J connectivity index is 1.81. The first-order valence-electron chi connectivity index (χ1n) is 9.12. The predicted molar refractivity (Wildman–Crippen MR) is 105 cm³/mol. The fourth-order valence-electron chi connectivity index (χ4n) is 3.36. The monoisotopic (exact) mass is 350 g/mol. The van der Waals surface area contributed by atoms with E-state index < -0.39 is 0 Å². The molecule has 1 heterocycles. The van der Waals surface area contributed by atoms with Crippen molar-refractivity contribution in [2.24, 2.45) is 11.7 Å². The number of benzene rings is 2. The van der Waals surface area contributed by atoms with Crippen LogP contribution < -0.4 is 5.73 Å². The van der Waals surface area contributed by atoms with Crippen molar-refractivity contribution in [3.8, 4) is 0 Å². The van der Waals surface area contributed by atoms with Gasteiger partial charge in [0.15, 0.2) is 0 Å². The summed E-state index contributed by atoms with van der Waals surface area (Å²) in [6, 6.07) is 19.2. The molecule has 0 fully saturated rings. The minimum absolute atomic E-state index is 0.0387. The zero-order valence-electron chi connectivity index (χ0n) is 15.6. The summed E-state index contributed by atoms with van der Waals surface area (Å²) < 4.78 is 5.96. The van der Waals surface area contributed by atoms with Crippen molar-refractivity contribution >= 4 is 16.9 Å². The van der Waals surface area contributed by atoms with Gasteiger partial charge < -0.3 is 15.1 Å². The molecule has 0 bridgehead atoms. The minimum Gasteiger partial charge on any atom is -0.459 e. The molecule has 3 aromatic rings. The van der Waals surface area contributed by atoms with Crippen LogP contribution in [0.15, 0.2) is 65.1 Å². The maximum Gasteiger partial charge on any atom is 0.227 e. The van der Waals surface area contributed by atoms with E-state index in [4.69, 9.17) is 10.2 Å². The summed E-state index contributed by atoms with van der Waals surface area (Å²) in [5.41, 5.74) is 8.17. The molecule has 4 heteroatoms. The molecule has 0 radical (unpaired) electrons. The molecule has 3 unspecified atom stereocenters. The average Bonchev–Trinajstić information content (AvgIpc) is 3.12. The molecule has 0 saturated heterocycles. The summed E-state index contributed by atoms with van der Waals surface area (Å²) in [5.74, 6) is 0.517. The summed E-state index contributed by atoms with van der Waals surface area (Å²) in [6.45, 7) is 6.48. The topological polar surface area (TPSA) is 59.5 Å². The Bertz CT molecular complexity index is 839. The molecule has 26 heavy (non-hydrogen) atoms. The summed E-state index contributed by atoms with van der Waals surface area (Å²) in [5, 5.41) is 1.05. The Kier molecular flexibility index (Phi) is 5.43. The minimum atomic E-state index is -0.333. The first-order valence-corrected chi connectivity index (χ1v) is 9.12. The molecule has 136 valence electrons. The highest BCUT2D eigenvalue weighted by Gasteiger charge is 2.30. The van der Waals surface area contributed by atoms with E-state index in [0.29, 0.717) is 6.54 Å². The van der Waals surface area contributed by atoms with Crippen molar-refractivity contribution < 1.29 is 9.21 Å². The van der Waals surface area contributed by atoms with Crippen molar-refractivity contribution in [2.75, 3.05) is 6.54 Å². The van der Waals surface area contributed by atoms with Crippen molar-refractivity contribution in [3.63, 3.8) is 0 Å². The van der Waals surface area contributed by atoms with E-state index in [1.807, 2.05) is 86.3 Å². The van der Waals surface area contributed by atoms with E-state index >= 15 is 0 Å². The Labute approximate surface area is 154 Å². The SMILES string of the molecule is CCN(C(=O)C(C)C(N)c1ccccc1)C(C)c1cc2ccccc2o1. The number of fused-ring (bicyclic) bond motifs is 1. The standard InChI is InChI=1S/C22H26N2O2/c1-4-24(16(3)20-14-18-12-8-9-13-19(18)26-20)22(25)15(2)21(23)17-10-6-5-7-11-17/h5-16,21H,4,23H2,1-3H3. The second-order valence-corrected chi connectivity index (χ2v) is 6.71. The lowest BCUT2D eigenvalue weighted by Gasteiger charge is -2.31. The number of para-hydroxylation sites is 1. The number of rotatable bonds is 6. The van der Waals surface area contributed by atoms with Crippen molar-refractivity contribution in [3.05, 3.63) is 72.0 Å². The maximum atomic E-state index is 13.1. The van der Waals surface area contributed by atoms with Crippen molar-refractivity contribution in [1.29, 1.82) is 0 Å². The quantitative estimate of drug-likeness (QED) is 0.702. The highest BCUT2D eigenvalue weighted by atomic mass is 16.3. The van der Waals surface area contributed by atoms with Crippen LogP contribution in [0.5, 0.6) is 0 Å². The van der Waals surface area contributed by atoms with Gasteiger partial charge in [0.05, 0.1) is 12.0 Å². The smallest absolute Gasteiger partial charge is 0.227 e. The molecule has 3 rings (SSSR count). The highest BCUT2D eigenvalue weighted by molar-refractivity contribution is 5.81. The number of hydrogen-bond acceptors (Lipinski definition) is 3. The molecular formula is C22H26N2O2. The van der Waals surface area contributed by atoms with Crippen molar-refractivity contribution in [1.82, 2.24) is 4.90 Å². The molecule has 0 aliphatic carbocycles. The first-order chi connectivity index (χ1) is 12.5. The van der Waals surface area contributed by atoms with Gasteiger partial charge in [0, 0.05) is 18.0 Å². The van der Waals surface area contributed by atoms with Crippen LogP contribution in [0.1, 0.15) is 44.2 Å². The summed E-state index contributed by atoms with van der Waals surface area (Å²) in [7, 11) is 0. The van der Waals surface area contributed by atoms with Crippen LogP contribution in [0, 0.1) is 5.92 Å². The summed E-state index contributed by atoms with van der Waals surface area (Å²) in [4.78, 5) is 15.0. The molecule has 3 atom stereocenters. The number of carbonyl (C=O) groups is 1. The molecule has 1 aromatic heterocycles. The third-order valence-electron chi connectivity index (χ3n) is 5.06. The zero-order chi connectivity index (χ0) is 18.7. The number of nitrogens with two attached hydrogens (primary N) is 1. The summed E-state index contributed by atoms with van der Waals surface area (Å²) >= 11 is 0. The van der Waals surface area contributed by atoms with E-state index in [1.165, 1.54) is 0 Å². The van der Waals surface area contributed by atoms with Gasteiger partial charge in [-0.05, 0) is 31.5 Å². The molecule has 0 spiro atoms. The van der Waals surface area contributed by atoms with E-state index in [0.717, 1.165) is 22.3 Å². The Morgan fingerprint density at radius 3 is 2.38 bits per heavy atom. The van der Waals surface area contributed by atoms with Gasteiger partial charge in [-0.3, -0.25) is 4.79 Å². The van der Waals surface area contributed by atoms with Crippen LogP contribution >= 0.6 is 0 Å². The second kappa shape index (κ2) is 7.75. The van der Waals surface area contributed by atoms with Crippen LogP contribution in [0.3, 0.4) is 0 Å². The number of furan rings is 1. The van der Waals surface area contributed by atoms with Gasteiger partial charge in [-0.1, -0.05) is 55.5 Å². The van der Waals surface area contributed by atoms with Gasteiger partial charge in [0.1, 0.15) is 11.3 Å². The Morgan fingerprint density at radius 2 is 1.73 bits per heavy atom. The lowest BCUT2D eigenvalue weighted by atomic mass is 9.93. The van der Waals surface area contributed by atoms with Gasteiger partial charge >= 0.3 is 0 Å². The zero-order valence-corrected chi connectivity index (χ0v) is 15.6. The highest BCUT2D eigenvalue weighted by Crippen LogP contribution is 2.30. The Hall–Kier alpha value is -2.59. The molecule has 0 aliphatic rings. The first kappa shape index (κ1) is 18.2. The van der Waals surface area contributed by atoms with E-state index in [9.17, 15) is 4.79 Å². The Morgan fingerprint density at radius 1 is 1.08 bits per heavy atom. The van der Waals surface area contributed by atoms with Gasteiger partial charge in [-0.25, -0.2) is 0 Å². The molecule has 2 N–H and O–H groups in total. The summed E-state index contributed by atoms with van der Waals surface area (Å²) in [6.07, 6.45) is 0. The molecular weight excluding hydrogens is 324 g/mol. The molecule has 2 aromatic carbocycles. The fraction of sp³-hybridized carbons (Fsp3) is 0.318. The van der Waals surface area contributed by atoms with Crippen LogP contribution in [-0.2, 0) is 4.79 Å². The number of carbonyl (C=O) groups excluding carboxylic acids is 1. The molecule has 0 aliphatic heterocycles. The number of hydrogen-bond donors (Lipinski definition) is 1. The van der Waals surface area contributed by atoms with Crippen LogP contribution in [0.25, 0.3) is 11.0 Å². The molecule has 1 amide bonds.